The number of rotatable bonds is 7. The Morgan fingerprint density at radius 3 is 2.95 bits per heavy atom. The van der Waals surface area contributed by atoms with Crippen LogP contribution in [-0.4, -0.2) is 34.8 Å². The molecule has 1 N–H and O–H groups in total. The average Bonchev–Trinajstić information content (AvgIpc) is 2.78. The van der Waals surface area contributed by atoms with Crippen molar-refractivity contribution in [3.8, 4) is 0 Å². The molecule has 0 fully saturated rings. The van der Waals surface area contributed by atoms with E-state index in [1.807, 2.05) is 25.4 Å². The zero-order valence-electron chi connectivity index (χ0n) is 12.4. The van der Waals surface area contributed by atoms with Crippen molar-refractivity contribution in [1.29, 1.82) is 0 Å². The Hall–Kier alpha value is -1.88. The molecular weight excluding hydrogens is 252 g/mol. The molecule has 0 unspecified atom stereocenters. The van der Waals surface area contributed by atoms with Crippen LogP contribution >= 0.6 is 0 Å². The van der Waals surface area contributed by atoms with Crippen LogP contribution in [-0.2, 0) is 11.3 Å². The second-order valence-corrected chi connectivity index (χ2v) is 4.87. The van der Waals surface area contributed by atoms with Gasteiger partial charge in [-0.05, 0) is 31.9 Å². The molecule has 0 spiro atoms. The van der Waals surface area contributed by atoms with Gasteiger partial charge in [0.05, 0.1) is 17.9 Å². The van der Waals surface area contributed by atoms with Gasteiger partial charge in [0.2, 0.25) is 5.95 Å². The molecule has 0 saturated carbocycles. The zero-order valence-corrected chi connectivity index (χ0v) is 12.4. The molecule has 0 saturated heterocycles. The lowest BCUT2D eigenvalue weighted by atomic mass is 10.2. The van der Waals surface area contributed by atoms with E-state index in [1.54, 1.807) is 7.11 Å². The van der Waals surface area contributed by atoms with Crippen LogP contribution in [0.4, 0.5) is 5.95 Å². The second kappa shape index (κ2) is 7.05. The van der Waals surface area contributed by atoms with Crippen LogP contribution in [0, 0.1) is 13.8 Å². The van der Waals surface area contributed by atoms with Gasteiger partial charge in [0.1, 0.15) is 0 Å². The van der Waals surface area contributed by atoms with Gasteiger partial charge in [-0.25, -0.2) is 4.98 Å². The third kappa shape index (κ3) is 3.81. The largest absolute Gasteiger partial charge is 0.385 e. The highest BCUT2D eigenvalue weighted by Gasteiger charge is 2.07. The summed E-state index contributed by atoms with van der Waals surface area (Å²) in [6.07, 6.45) is 4.84. The number of pyridine rings is 1. The van der Waals surface area contributed by atoms with Gasteiger partial charge in [0, 0.05) is 32.7 Å². The van der Waals surface area contributed by atoms with Crippen molar-refractivity contribution in [2.24, 2.45) is 0 Å². The number of aryl methyl sites for hydroxylation is 2. The first-order valence-corrected chi connectivity index (χ1v) is 6.88. The molecule has 0 aliphatic rings. The molecule has 0 amide bonds. The van der Waals surface area contributed by atoms with Crippen molar-refractivity contribution in [3.05, 3.63) is 41.5 Å². The summed E-state index contributed by atoms with van der Waals surface area (Å²) in [4.78, 5) is 8.95. The normalized spacial score (nSPS) is 10.8. The maximum absolute atomic E-state index is 5.05. The monoisotopic (exact) mass is 274 g/mol. The Labute approximate surface area is 120 Å². The Morgan fingerprint density at radius 2 is 2.20 bits per heavy atom. The smallest absolute Gasteiger partial charge is 0.203 e. The molecule has 0 aromatic carbocycles. The van der Waals surface area contributed by atoms with E-state index in [9.17, 15) is 0 Å². The van der Waals surface area contributed by atoms with Crippen LogP contribution in [0.3, 0.4) is 0 Å². The van der Waals surface area contributed by atoms with E-state index in [2.05, 4.69) is 32.8 Å². The first-order valence-electron chi connectivity index (χ1n) is 6.88. The molecule has 108 valence electrons. The fourth-order valence-electron chi connectivity index (χ4n) is 2.07. The Balaban J connectivity index is 2.06. The Kier molecular flexibility index (Phi) is 5.12. The lowest BCUT2D eigenvalue weighted by Crippen LogP contribution is -2.11. The van der Waals surface area contributed by atoms with Crippen molar-refractivity contribution in [2.75, 3.05) is 25.6 Å². The van der Waals surface area contributed by atoms with E-state index in [0.29, 0.717) is 0 Å². The highest BCUT2D eigenvalue weighted by molar-refractivity contribution is 5.30. The van der Waals surface area contributed by atoms with E-state index in [1.165, 1.54) is 5.56 Å². The molecule has 20 heavy (non-hydrogen) atoms. The number of imidazole rings is 1. The van der Waals surface area contributed by atoms with Crippen LogP contribution in [0.15, 0.2) is 24.5 Å². The van der Waals surface area contributed by atoms with Crippen molar-refractivity contribution < 1.29 is 4.74 Å². The van der Waals surface area contributed by atoms with E-state index in [-0.39, 0.29) is 0 Å². The fourth-order valence-corrected chi connectivity index (χ4v) is 2.07. The van der Waals surface area contributed by atoms with E-state index < -0.39 is 0 Å². The van der Waals surface area contributed by atoms with Crippen LogP contribution < -0.4 is 5.32 Å². The molecule has 2 heterocycles. The molecule has 0 bridgehead atoms. The number of anilines is 1. The number of nitrogens with zero attached hydrogens (tertiary/aromatic N) is 3. The molecule has 0 atom stereocenters. The molecule has 5 nitrogen and oxygen atoms in total. The number of nitrogens with one attached hydrogen (secondary N) is 1. The average molecular weight is 274 g/mol. The molecule has 0 aliphatic carbocycles. The molecule has 0 aliphatic heterocycles. The minimum absolute atomic E-state index is 0.736. The molecule has 2 aromatic heterocycles. The lowest BCUT2D eigenvalue weighted by molar-refractivity contribution is 0.197. The molecule has 2 rings (SSSR count). The highest BCUT2D eigenvalue weighted by Crippen LogP contribution is 2.13. The van der Waals surface area contributed by atoms with Gasteiger partial charge >= 0.3 is 0 Å². The van der Waals surface area contributed by atoms with Crippen molar-refractivity contribution in [3.63, 3.8) is 0 Å². The molecule has 2 aromatic rings. The summed E-state index contributed by atoms with van der Waals surface area (Å²) < 4.78 is 7.16. The van der Waals surface area contributed by atoms with Gasteiger partial charge in [-0.2, -0.15) is 0 Å². The summed E-state index contributed by atoms with van der Waals surface area (Å²) in [6.45, 7) is 6.43. The summed E-state index contributed by atoms with van der Waals surface area (Å²) in [6, 6.07) is 4.04. The molecular formula is C15H22N4O. The van der Waals surface area contributed by atoms with Crippen LogP contribution in [0.2, 0.25) is 0 Å². The van der Waals surface area contributed by atoms with Crippen LogP contribution in [0.5, 0.6) is 0 Å². The third-order valence-electron chi connectivity index (χ3n) is 3.14. The van der Waals surface area contributed by atoms with E-state index in [0.717, 1.165) is 43.5 Å². The lowest BCUT2D eigenvalue weighted by Gasteiger charge is -2.10. The quantitative estimate of drug-likeness (QED) is 0.788. The van der Waals surface area contributed by atoms with Gasteiger partial charge in [0.15, 0.2) is 0 Å². The maximum atomic E-state index is 5.05. The van der Waals surface area contributed by atoms with Gasteiger partial charge < -0.3 is 14.6 Å². The zero-order chi connectivity index (χ0) is 14.4. The third-order valence-corrected chi connectivity index (χ3v) is 3.14. The summed E-state index contributed by atoms with van der Waals surface area (Å²) in [7, 11) is 1.72. The van der Waals surface area contributed by atoms with Crippen LogP contribution in [0.25, 0.3) is 0 Å². The molecule has 5 heteroatoms. The number of hydrogen-bond acceptors (Lipinski definition) is 4. The van der Waals surface area contributed by atoms with Gasteiger partial charge in [0.25, 0.3) is 0 Å². The Morgan fingerprint density at radius 1 is 1.35 bits per heavy atom. The predicted molar refractivity (Wildman–Crippen MR) is 80.0 cm³/mol. The second-order valence-electron chi connectivity index (χ2n) is 4.87. The number of aromatic nitrogens is 3. The van der Waals surface area contributed by atoms with Gasteiger partial charge in [-0.3, -0.25) is 4.98 Å². The number of hydrogen-bond donors (Lipinski definition) is 1. The molecule has 0 radical (unpaired) electrons. The van der Waals surface area contributed by atoms with Crippen molar-refractivity contribution in [2.45, 2.75) is 26.8 Å². The standard InChI is InChI=1S/C15H22N4O/c1-12-6-4-7-16-14(12)11-19-10-13(2)18-15(19)17-8-5-9-20-3/h4,6-7,10H,5,8-9,11H2,1-3H3,(H,17,18). The topological polar surface area (TPSA) is 52.0 Å². The number of methoxy groups -OCH3 is 1. The fraction of sp³-hybridized carbons (Fsp3) is 0.467. The first kappa shape index (κ1) is 14.5. The van der Waals surface area contributed by atoms with E-state index >= 15 is 0 Å². The van der Waals surface area contributed by atoms with E-state index in [4.69, 9.17) is 4.74 Å². The van der Waals surface area contributed by atoms with Gasteiger partial charge in [-0.15, -0.1) is 0 Å². The Bertz CT molecular complexity index is 551. The predicted octanol–water partition coefficient (Wildman–Crippen LogP) is 2.39. The summed E-state index contributed by atoms with van der Waals surface area (Å²) in [5.74, 6) is 0.892. The highest BCUT2D eigenvalue weighted by atomic mass is 16.5. The van der Waals surface area contributed by atoms with Crippen LogP contribution in [0.1, 0.15) is 23.4 Å². The SMILES string of the molecule is COCCCNc1nc(C)cn1Cc1ncccc1C. The minimum Gasteiger partial charge on any atom is -0.385 e. The summed E-state index contributed by atoms with van der Waals surface area (Å²) in [5, 5.41) is 3.35. The summed E-state index contributed by atoms with van der Waals surface area (Å²) in [5.41, 5.74) is 3.28. The van der Waals surface area contributed by atoms with Gasteiger partial charge in [-0.1, -0.05) is 6.07 Å². The van der Waals surface area contributed by atoms with Crippen molar-refractivity contribution in [1.82, 2.24) is 14.5 Å². The number of ether oxygens (including phenoxy) is 1. The maximum Gasteiger partial charge on any atom is 0.203 e. The minimum atomic E-state index is 0.736. The van der Waals surface area contributed by atoms with Crippen molar-refractivity contribution >= 4 is 5.95 Å². The first-order chi connectivity index (χ1) is 9.70. The summed E-state index contributed by atoms with van der Waals surface area (Å²) >= 11 is 0.